The Bertz CT molecular complexity index is 1100. The summed E-state index contributed by atoms with van der Waals surface area (Å²) in [5, 5.41) is 14.8. The predicted octanol–water partition coefficient (Wildman–Crippen LogP) is 2.23. The molecule has 156 valence electrons. The van der Waals surface area contributed by atoms with E-state index in [9.17, 15) is 18.5 Å². The van der Waals surface area contributed by atoms with Gasteiger partial charge in [0, 0.05) is 25.0 Å². The third kappa shape index (κ3) is 5.36. The first-order valence-corrected chi connectivity index (χ1v) is 10.5. The number of amides is 1. The molecule has 0 saturated carbocycles. The molecular weight excluding hydrogens is 408 g/mol. The molecule has 1 aliphatic heterocycles. The Kier molecular flexibility index (Phi) is 6.68. The Balaban J connectivity index is 1.75. The van der Waals surface area contributed by atoms with Crippen LogP contribution in [0.4, 0.5) is 17.1 Å². The lowest BCUT2D eigenvalue weighted by molar-refractivity contribution is -0.112. The molecule has 0 radical (unpaired) electrons. The van der Waals surface area contributed by atoms with Crippen molar-refractivity contribution in [3.05, 3.63) is 60.3 Å². The number of nitrogens with zero attached hydrogens (tertiary/aromatic N) is 2. The van der Waals surface area contributed by atoms with Crippen molar-refractivity contribution in [1.29, 1.82) is 5.26 Å². The minimum absolute atomic E-state index is 0.130. The van der Waals surface area contributed by atoms with Crippen LogP contribution < -0.4 is 15.5 Å². The summed E-state index contributed by atoms with van der Waals surface area (Å²) in [6.45, 7) is 2.72. The van der Waals surface area contributed by atoms with Crippen LogP contribution in [0.5, 0.6) is 0 Å². The average molecular weight is 428 g/mol. The van der Waals surface area contributed by atoms with Gasteiger partial charge in [-0.25, -0.2) is 0 Å². The number of nitriles is 1. The van der Waals surface area contributed by atoms with Crippen molar-refractivity contribution in [1.82, 2.24) is 0 Å². The van der Waals surface area contributed by atoms with Crippen LogP contribution in [0.2, 0.25) is 0 Å². The van der Waals surface area contributed by atoms with E-state index in [-0.39, 0.29) is 16.2 Å². The number of hydrogen-bond donors (Lipinski definition) is 3. The highest BCUT2D eigenvalue weighted by molar-refractivity contribution is 7.85. The summed E-state index contributed by atoms with van der Waals surface area (Å²) in [5.41, 5.74) is 1.58. The van der Waals surface area contributed by atoms with Gasteiger partial charge in [0.05, 0.1) is 29.5 Å². The van der Waals surface area contributed by atoms with Gasteiger partial charge in [-0.05, 0) is 30.3 Å². The number of nitrogens with one attached hydrogen (secondary N) is 2. The Morgan fingerprint density at radius 2 is 1.90 bits per heavy atom. The molecule has 1 aliphatic rings. The van der Waals surface area contributed by atoms with Gasteiger partial charge in [-0.2, -0.15) is 13.7 Å². The number of para-hydroxylation sites is 2. The summed E-state index contributed by atoms with van der Waals surface area (Å²) < 4.78 is 37.0. The molecule has 1 saturated heterocycles. The standard InChI is InChI=1S/C20H20N4O5S/c21-13-15(20(25)23-16-4-3-5-17(12-16)30(26,27)28)14-22-18-6-1-2-7-19(18)24-8-10-29-11-9-24/h1-7,12,14,22H,8-11H2,(H,23,25)(H,26,27,28)/b15-14-. The molecule has 9 nitrogen and oxygen atoms in total. The average Bonchev–Trinajstić information content (AvgIpc) is 2.75. The number of carbonyl (C=O) groups excluding carboxylic acids is 1. The number of benzene rings is 2. The first-order chi connectivity index (χ1) is 14.4. The van der Waals surface area contributed by atoms with Crippen molar-refractivity contribution in [3.63, 3.8) is 0 Å². The van der Waals surface area contributed by atoms with E-state index in [2.05, 4.69) is 15.5 Å². The third-order valence-electron chi connectivity index (χ3n) is 4.38. The van der Waals surface area contributed by atoms with Gasteiger partial charge >= 0.3 is 0 Å². The summed E-state index contributed by atoms with van der Waals surface area (Å²) in [4.78, 5) is 14.2. The third-order valence-corrected chi connectivity index (χ3v) is 5.23. The second-order valence-electron chi connectivity index (χ2n) is 6.39. The van der Waals surface area contributed by atoms with E-state index in [0.29, 0.717) is 13.2 Å². The van der Waals surface area contributed by atoms with Crippen molar-refractivity contribution in [2.24, 2.45) is 0 Å². The van der Waals surface area contributed by atoms with E-state index in [1.54, 1.807) is 0 Å². The Morgan fingerprint density at radius 1 is 1.17 bits per heavy atom. The molecule has 2 aromatic rings. The number of ether oxygens (including phenoxy) is 1. The Hall–Kier alpha value is -3.39. The Labute approximate surface area is 174 Å². The van der Waals surface area contributed by atoms with Crippen LogP contribution >= 0.6 is 0 Å². The summed E-state index contributed by atoms with van der Waals surface area (Å²) in [7, 11) is -4.41. The molecule has 1 fully saturated rings. The zero-order valence-corrected chi connectivity index (χ0v) is 16.7. The summed E-state index contributed by atoms with van der Waals surface area (Å²) >= 11 is 0. The highest BCUT2D eigenvalue weighted by Crippen LogP contribution is 2.26. The molecule has 3 rings (SSSR count). The maximum atomic E-state index is 12.4. The molecule has 30 heavy (non-hydrogen) atoms. The molecule has 0 unspecified atom stereocenters. The molecule has 1 heterocycles. The monoisotopic (exact) mass is 428 g/mol. The van der Waals surface area contributed by atoms with Gasteiger partial charge in [-0.1, -0.05) is 18.2 Å². The van der Waals surface area contributed by atoms with Crippen LogP contribution in [0.15, 0.2) is 65.2 Å². The van der Waals surface area contributed by atoms with Crippen LogP contribution in [-0.2, 0) is 19.6 Å². The largest absolute Gasteiger partial charge is 0.378 e. The van der Waals surface area contributed by atoms with Gasteiger partial charge in [-0.15, -0.1) is 0 Å². The summed E-state index contributed by atoms with van der Waals surface area (Å²) in [6, 6.07) is 14.4. The van der Waals surface area contributed by atoms with Gasteiger partial charge in [0.1, 0.15) is 11.6 Å². The van der Waals surface area contributed by atoms with Gasteiger partial charge in [0.25, 0.3) is 16.0 Å². The van der Waals surface area contributed by atoms with Gasteiger partial charge in [0.15, 0.2) is 0 Å². The zero-order valence-electron chi connectivity index (χ0n) is 15.9. The van der Waals surface area contributed by atoms with E-state index in [1.165, 1.54) is 24.4 Å². The van der Waals surface area contributed by atoms with Crippen molar-refractivity contribution in [2.75, 3.05) is 41.8 Å². The topological polar surface area (TPSA) is 132 Å². The minimum atomic E-state index is -4.41. The molecular formula is C20H20N4O5S. The highest BCUT2D eigenvalue weighted by atomic mass is 32.2. The second-order valence-corrected chi connectivity index (χ2v) is 7.81. The lowest BCUT2D eigenvalue weighted by Gasteiger charge is -2.30. The maximum Gasteiger partial charge on any atom is 0.294 e. The fourth-order valence-electron chi connectivity index (χ4n) is 2.91. The fraction of sp³-hybridized carbons (Fsp3) is 0.200. The summed E-state index contributed by atoms with van der Waals surface area (Å²) in [5.74, 6) is -0.721. The zero-order chi connectivity index (χ0) is 21.6. The normalized spacial score (nSPS) is 14.7. The van der Waals surface area contributed by atoms with Crippen LogP contribution in [-0.4, -0.2) is 45.2 Å². The molecule has 1 amide bonds. The molecule has 0 aromatic heterocycles. The van der Waals surface area contributed by atoms with Crippen LogP contribution in [0.3, 0.4) is 0 Å². The van der Waals surface area contributed by atoms with E-state index >= 15 is 0 Å². The molecule has 0 bridgehead atoms. The number of rotatable bonds is 6. The van der Waals surface area contributed by atoms with Crippen LogP contribution in [0.1, 0.15) is 0 Å². The highest BCUT2D eigenvalue weighted by Gasteiger charge is 2.16. The first-order valence-electron chi connectivity index (χ1n) is 9.06. The van der Waals surface area contributed by atoms with E-state index in [0.717, 1.165) is 30.5 Å². The number of morpholine rings is 1. The molecule has 2 aromatic carbocycles. The SMILES string of the molecule is N#C/C(=C/Nc1ccccc1N1CCOCC1)C(=O)Nc1cccc(S(=O)(=O)O)c1. The van der Waals surface area contributed by atoms with Crippen molar-refractivity contribution in [3.8, 4) is 6.07 Å². The van der Waals surface area contributed by atoms with Gasteiger partial charge in [-0.3, -0.25) is 9.35 Å². The van der Waals surface area contributed by atoms with E-state index in [1.807, 2.05) is 30.3 Å². The number of hydrogen-bond acceptors (Lipinski definition) is 7. The fourth-order valence-corrected chi connectivity index (χ4v) is 3.43. The lowest BCUT2D eigenvalue weighted by atomic mass is 10.2. The quantitative estimate of drug-likeness (QED) is 0.363. The van der Waals surface area contributed by atoms with Crippen molar-refractivity contribution >= 4 is 33.1 Å². The molecule has 3 N–H and O–H groups in total. The number of carbonyl (C=O) groups is 1. The van der Waals surface area contributed by atoms with Gasteiger partial charge < -0.3 is 20.3 Å². The number of anilines is 3. The van der Waals surface area contributed by atoms with E-state index in [4.69, 9.17) is 9.29 Å². The predicted molar refractivity (Wildman–Crippen MR) is 112 cm³/mol. The second kappa shape index (κ2) is 9.41. The minimum Gasteiger partial charge on any atom is -0.378 e. The first kappa shape index (κ1) is 21.3. The van der Waals surface area contributed by atoms with Crippen LogP contribution in [0.25, 0.3) is 0 Å². The summed E-state index contributed by atoms with van der Waals surface area (Å²) in [6.07, 6.45) is 1.29. The molecule has 0 aliphatic carbocycles. The molecule has 0 atom stereocenters. The maximum absolute atomic E-state index is 12.4. The van der Waals surface area contributed by atoms with E-state index < -0.39 is 16.0 Å². The lowest BCUT2D eigenvalue weighted by Crippen LogP contribution is -2.36. The molecule has 0 spiro atoms. The van der Waals surface area contributed by atoms with Crippen molar-refractivity contribution in [2.45, 2.75) is 4.90 Å². The Morgan fingerprint density at radius 3 is 2.60 bits per heavy atom. The van der Waals surface area contributed by atoms with Gasteiger partial charge in [0.2, 0.25) is 0 Å². The molecule has 10 heteroatoms. The smallest absolute Gasteiger partial charge is 0.294 e. The van der Waals surface area contributed by atoms with Crippen molar-refractivity contribution < 1.29 is 22.5 Å². The van der Waals surface area contributed by atoms with Crippen LogP contribution in [0, 0.1) is 11.3 Å².